The first-order valence-electron chi connectivity index (χ1n) is 9.02. The third-order valence-corrected chi connectivity index (χ3v) is 3.39. The van der Waals surface area contributed by atoms with Crippen molar-refractivity contribution in [2.45, 2.75) is 52.7 Å². The van der Waals surface area contributed by atoms with Gasteiger partial charge >= 0.3 is 12.2 Å². The Morgan fingerprint density at radius 1 is 0.929 bits per heavy atom. The largest absolute Gasteiger partial charge is 0.508 e. The van der Waals surface area contributed by atoms with Gasteiger partial charge in [-0.15, -0.1) is 0 Å². The molecule has 156 valence electrons. The molecule has 0 spiro atoms. The van der Waals surface area contributed by atoms with Crippen molar-refractivity contribution in [1.29, 1.82) is 5.41 Å². The summed E-state index contributed by atoms with van der Waals surface area (Å²) in [7, 11) is 1.56. The second-order valence-electron chi connectivity index (χ2n) is 8.43. The molecule has 1 aromatic carbocycles. The van der Waals surface area contributed by atoms with Gasteiger partial charge in [-0.25, -0.2) is 9.59 Å². The van der Waals surface area contributed by atoms with Crippen LogP contribution in [0.3, 0.4) is 0 Å². The van der Waals surface area contributed by atoms with Crippen LogP contribution in [0.25, 0.3) is 0 Å². The molecule has 0 aliphatic rings. The van der Waals surface area contributed by atoms with Gasteiger partial charge in [-0.1, -0.05) is 0 Å². The first-order chi connectivity index (χ1) is 12.7. The van der Waals surface area contributed by atoms with Crippen LogP contribution >= 0.6 is 0 Å². The van der Waals surface area contributed by atoms with Crippen molar-refractivity contribution in [2.24, 2.45) is 0 Å². The Hall–Kier alpha value is -2.77. The predicted molar refractivity (Wildman–Crippen MR) is 107 cm³/mol. The first kappa shape index (κ1) is 23.3. The molecule has 0 aliphatic carbocycles. The lowest BCUT2D eigenvalue weighted by atomic mass is 10.2. The summed E-state index contributed by atoms with van der Waals surface area (Å²) in [6, 6.07) is 5.94. The number of likely N-dealkylation sites (N-methyl/N-ethyl adjacent to an activating group) is 1. The Bertz CT molecular complexity index is 702. The number of hydrogen-bond acceptors (Lipinski definition) is 6. The maximum atomic E-state index is 12.6. The number of nitrogens with zero attached hydrogens (tertiary/aromatic N) is 2. The quantitative estimate of drug-likeness (QED) is 0.598. The van der Waals surface area contributed by atoms with Gasteiger partial charge in [0.1, 0.15) is 22.8 Å². The van der Waals surface area contributed by atoms with Crippen molar-refractivity contribution in [1.82, 2.24) is 9.80 Å². The molecule has 1 rings (SSSR count). The molecule has 2 N–H and O–H groups in total. The van der Waals surface area contributed by atoms with Crippen molar-refractivity contribution in [3.8, 4) is 5.75 Å². The summed E-state index contributed by atoms with van der Waals surface area (Å²) in [5.74, 6) is -0.0307. The number of phenols is 1. The number of ether oxygens (including phenoxy) is 2. The summed E-state index contributed by atoms with van der Waals surface area (Å²) in [6.07, 6.45) is -1.21. The highest BCUT2D eigenvalue weighted by Crippen LogP contribution is 2.16. The van der Waals surface area contributed by atoms with Gasteiger partial charge in [0, 0.05) is 25.7 Å². The van der Waals surface area contributed by atoms with Crippen molar-refractivity contribution >= 4 is 18.0 Å². The minimum atomic E-state index is -0.734. The van der Waals surface area contributed by atoms with Crippen LogP contribution in [0.4, 0.5) is 9.59 Å². The molecular weight excluding hydrogens is 362 g/mol. The maximum absolute atomic E-state index is 12.6. The van der Waals surface area contributed by atoms with Gasteiger partial charge in [0.05, 0.1) is 0 Å². The molecular formula is C20H31N3O5. The van der Waals surface area contributed by atoms with Gasteiger partial charge in [0.25, 0.3) is 0 Å². The van der Waals surface area contributed by atoms with Gasteiger partial charge in [0.2, 0.25) is 0 Å². The lowest BCUT2D eigenvalue weighted by Crippen LogP contribution is -2.45. The molecule has 0 aromatic heterocycles. The van der Waals surface area contributed by atoms with E-state index in [0.717, 1.165) is 4.90 Å². The molecule has 0 aliphatic heterocycles. The Morgan fingerprint density at radius 2 is 1.39 bits per heavy atom. The average Bonchev–Trinajstić information content (AvgIpc) is 2.51. The van der Waals surface area contributed by atoms with Crippen molar-refractivity contribution in [2.75, 3.05) is 20.1 Å². The smallest absolute Gasteiger partial charge is 0.416 e. The highest BCUT2D eigenvalue weighted by atomic mass is 16.6. The topological polar surface area (TPSA) is 103 Å². The van der Waals surface area contributed by atoms with Crippen LogP contribution in [0.2, 0.25) is 0 Å². The molecule has 0 radical (unpaired) electrons. The van der Waals surface area contributed by atoms with E-state index < -0.39 is 23.4 Å². The summed E-state index contributed by atoms with van der Waals surface area (Å²) in [4.78, 5) is 27.3. The Kier molecular flexibility index (Phi) is 7.43. The van der Waals surface area contributed by atoms with Gasteiger partial charge in [-0.05, 0) is 65.8 Å². The lowest BCUT2D eigenvalue weighted by Gasteiger charge is -2.30. The van der Waals surface area contributed by atoms with E-state index in [9.17, 15) is 14.7 Å². The molecule has 0 atom stereocenters. The fraction of sp³-hybridized carbons (Fsp3) is 0.550. The number of carbonyl (C=O) groups is 2. The first-order valence-corrected chi connectivity index (χ1v) is 9.02. The number of amidine groups is 1. The number of phenolic OH excluding ortho intramolecular Hbond substituents is 1. The van der Waals surface area contributed by atoms with Crippen LogP contribution in [0.1, 0.15) is 47.1 Å². The molecule has 8 nitrogen and oxygen atoms in total. The monoisotopic (exact) mass is 393 g/mol. The molecule has 1 aromatic rings. The van der Waals surface area contributed by atoms with Crippen LogP contribution in [0.15, 0.2) is 24.3 Å². The summed E-state index contributed by atoms with van der Waals surface area (Å²) < 4.78 is 10.7. The zero-order valence-corrected chi connectivity index (χ0v) is 17.7. The van der Waals surface area contributed by atoms with E-state index in [0.29, 0.717) is 5.56 Å². The highest BCUT2D eigenvalue weighted by molar-refractivity contribution is 6.04. The predicted octanol–water partition coefficient (Wildman–Crippen LogP) is 3.82. The maximum Gasteiger partial charge on any atom is 0.416 e. The SMILES string of the molecule is CN(CCN(C(=N)c1ccc(O)cc1)C(=O)OC(C)(C)C)C(=O)OC(C)(C)C. The van der Waals surface area contributed by atoms with Crippen LogP contribution in [-0.4, -0.2) is 64.3 Å². The van der Waals surface area contributed by atoms with E-state index in [2.05, 4.69) is 0 Å². The fourth-order valence-corrected chi connectivity index (χ4v) is 2.07. The van der Waals surface area contributed by atoms with Gasteiger partial charge in [-0.3, -0.25) is 10.3 Å². The normalized spacial score (nSPS) is 11.5. The van der Waals surface area contributed by atoms with E-state index in [1.807, 2.05) is 0 Å². The minimum Gasteiger partial charge on any atom is -0.508 e. The number of benzene rings is 1. The molecule has 2 amide bonds. The summed E-state index contributed by atoms with van der Waals surface area (Å²) in [5.41, 5.74) is -0.931. The Labute approximate surface area is 166 Å². The van der Waals surface area contributed by atoms with E-state index in [4.69, 9.17) is 14.9 Å². The fourth-order valence-electron chi connectivity index (χ4n) is 2.07. The molecule has 0 saturated carbocycles. The molecule has 0 bridgehead atoms. The average molecular weight is 393 g/mol. The molecule has 0 saturated heterocycles. The minimum absolute atomic E-state index is 0.0460. The molecule has 0 unspecified atom stereocenters. The van der Waals surface area contributed by atoms with Gasteiger partial charge in [-0.2, -0.15) is 0 Å². The Balaban J connectivity index is 2.95. The van der Waals surface area contributed by atoms with Gasteiger partial charge in [0.15, 0.2) is 0 Å². The second kappa shape index (κ2) is 8.95. The third-order valence-electron chi connectivity index (χ3n) is 3.39. The standard InChI is InChI=1S/C20H31N3O5/c1-19(2,3)27-17(25)22(7)12-13-23(18(26)28-20(4,5)6)16(21)14-8-10-15(24)11-9-14/h8-11,21,24H,12-13H2,1-7H3. The van der Waals surface area contributed by atoms with E-state index >= 15 is 0 Å². The third kappa shape index (κ3) is 7.85. The van der Waals surface area contributed by atoms with Crippen molar-refractivity contribution in [3.05, 3.63) is 29.8 Å². The van der Waals surface area contributed by atoms with E-state index in [1.54, 1.807) is 48.6 Å². The zero-order chi connectivity index (χ0) is 21.7. The number of rotatable bonds is 4. The number of hydrogen-bond donors (Lipinski definition) is 2. The van der Waals surface area contributed by atoms with Crippen LogP contribution in [-0.2, 0) is 9.47 Å². The number of amides is 2. The van der Waals surface area contributed by atoms with Crippen molar-refractivity contribution in [3.63, 3.8) is 0 Å². The summed E-state index contributed by atoms with van der Waals surface area (Å²) in [6.45, 7) is 10.7. The number of nitrogens with one attached hydrogen (secondary N) is 1. The molecule has 28 heavy (non-hydrogen) atoms. The van der Waals surface area contributed by atoms with Crippen LogP contribution in [0, 0.1) is 5.41 Å². The number of aromatic hydroxyl groups is 1. The summed E-state index contributed by atoms with van der Waals surface area (Å²) in [5, 5.41) is 17.8. The van der Waals surface area contributed by atoms with Crippen LogP contribution < -0.4 is 0 Å². The van der Waals surface area contributed by atoms with E-state index in [1.165, 1.54) is 29.2 Å². The summed E-state index contributed by atoms with van der Waals surface area (Å²) >= 11 is 0. The van der Waals surface area contributed by atoms with Gasteiger partial charge < -0.3 is 19.5 Å². The molecule has 0 heterocycles. The molecule has 8 heteroatoms. The highest BCUT2D eigenvalue weighted by Gasteiger charge is 2.27. The molecule has 0 fully saturated rings. The Morgan fingerprint density at radius 3 is 1.86 bits per heavy atom. The zero-order valence-electron chi connectivity index (χ0n) is 17.7. The van der Waals surface area contributed by atoms with Crippen molar-refractivity contribution < 1.29 is 24.2 Å². The second-order valence-corrected chi connectivity index (χ2v) is 8.43. The van der Waals surface area contributed by atoms with Crippen LogP contribution in [0.5, 0.6) is 5.75 Å². The number of carbonyl (C=O) groups excluding carboxylic acids is 2. The lowest BCUT2D eigenvalue weighted by molar-refractivity contribution is 0.0240. The van der Waals surface area contributed by atoms with E-state index in [-0.39, 0.29) is 24.7 Å².